The number of carbonyl (C=O) groups excluding carboxylic acids is 1. The van der Waals surface area contributed by atoms with Crippen LogP contribution in [0.25, 0.3) is 0 Å². The summed E-state index contributed by atoms with van der Waals surface area (Å²) in [6, 6.07) is 0. The van der Waals surface area contributed by atoms with Crippen molar-refractivity contribution >= 4 is 5.78 Å². The molecular formula is C16H28O2. The molecular weight excluding hydrogens is 224 g/mol. The van der Waals surface area contributed by atoms with Crippen molar-refractivity contribution in [2.24, 2.45) is 0 Å². The topological polar surface area (TPSA) is 26.3 Å². The molecule has 0 spiro atoms. The number of hydrogen-bond donors (Lipinski definition) is 0. The van der Waals surface area contributed by atoms with Gasteiger partial charge in [0.25, 0.3) is 0 Å². The van der Waals surface area contributed by atoms with Crippen LogP contribution in [0.2, 0.25) is 0 Å². The summed E-state index contributed by atoms with van der Waals surface area (Å²) in [5.41, 5.74) is 0. The highest BCUT2D eigenvalue weighted by Crippen LogP contribution is 2.15. The lowest BCUT2D eigenvalue weighted by Crippen LogP contribution is -2.02. The van der Waals surface area contributed by atoms with Crippen molar-refractivity contribution < 1.29 is 9.53 Å². The molecule has 0 aliphatic carbocycles. The fourth-order valence-corrected chi connectivity index (χ4v) is 2.33. The second-order valence-corrected chi connectivity index (χ2v) is 5.21. The van der Waals surface area contributed by atoms with Gasteiger partial charge in [0.2, 0.25) is 0 Å². The molecule has 0 radical (unpaired) electrons. The van der Waals surface area contributed by atoms with Gasteiger partial charge in [0.05, 0.1) is 6.61 Å². The van der Waals surface area contributed by atoms with E-state index >= 15 is 0 Å². The minimum atomic E-state index is 0.204. The number of rotatable bonds is 11. The molecule has 1 aliphatic heterocycles. The van der Waals surface area contributed by atoms with Crippen LogP contribution in [0.1, 0.15) is 77.6 Å². The molecule has 0 fully saturated rings. The average molecular weight is 252 g/mol. The Bertz CT molecular complexity index is 256. The first kappa shape index (κ1) is 15.3. The molecule has 0 aromatic carbocycles. The van der Waals surface area contributed by atoms with Crippen molar-refractivity contribution in [3.63, 3.8) is 0 Å². The van der Waals surface area contributed by atoms with Gasteiger partial charge in [0.15, 0.2) is 11.5 Å². The Morgan fingerprint density at radius 2 is 1.67 bits per heavy atom. The molecule has 0 aromatic heterocycles. The Morgan fingerprint density at radius 3 is 2.22 bits per heavy atom. The van der Waals surface area contributed by atoms with E-state index in [0.29, 0.717) is 18.8 Å². The van der Waals surface area contributed by atoms with Gasteiger partial charge in [-0.25, -0.2) is 0 Å². The maximum atomic E-state index is 11.7. The quantitative estimate of drug-likeness (QED) is 0.495. The molecule has 0 unspecified atom stereocenters. The van der Waals surface area contributed by atoms with Crippen molar-refractivity contribution in [3.05, 3.63) is 11.8 Å². The molecule has 0 N–H and O–H groups in total. The fraction of sp³-hybridized carbons (Fsp3) is 0.812. The molecule has 1 aliphatic rings. The second-order valence-electron chi connectivity index (χ2n) is 5.21. The van der Waals surface area contributed by atoms with Gasteiger partial charge in [-0.3, -0.25) is 4.79 Å². The number of ketones is 1. The van der Waals surface area contributed by atoms with Crippen molar-refractivity contribution in [3.8, 4) is 0 Å². The molecule has 0 amide bonds. The van der Waals surface area contributed by atoms with Crippen molar-refractivity contribution in [1.82, 2.24) is 0 Å². The zero-order valence-electron chi connectivity index (χ0n) is 11.9. The van der Waals surface area contributed by atoms with Gasteiger partial charge in [-0.05, 0) is 12.5 Å². The minimum absolute atomic E-state index is 0.204. The van der Waals surface area contributed by atoms with E-state index in [1.54, 1.807) is 0 Å². The Balaban J connectivity index is 1.85. The number of allylic oxidation sites excluding steroid dienone is 1. The fourth-order valence-electron chi connectivity index (χ4n) is 2.33. The molecule has 104 valence electrons. The van der Waals surface area contributed by atoms with E-state index in [1.165, 1.54) is 51.4 Å². The zero-order chi connectivity index (χ0) is 13.1. The van der Waals surface area contributed by atoms with Crippen LogP contribution in [0, 0.1) is 0 Å². The van der Waals surface area contributed by atoms with Crippen LogP contribution < -0.4 is 0 Å². The second kappa shape index (κ2) is 10.2. The molecule has 0 aromatic rings. The van der Waals surface area contributed by atoms with E-state index in [2.05, 4.69) is 6.92 Å². The minimum Gasteiger partial charge on any atom is -0.490 e. The summed E-state index contributed by atoms with van der Waals surface area (Å²) in [6.07, 6.45) is 15.1. The van der Waals surface area contributed by atoms with Gasteiger partial charge in [-0.1, -0.05) is 58.3 Å². The summed E-state index contributed by atoms with van der Waals surface area (Å²) in [7, 11) is 0. The molecule has 0 saturated heterocycles. The van der Waals surface area contributed by atoms with Gasteiger partial charge in [-0.2, -0.15) is 0 Å². The van der Waals surface area contributed by atoms with Crippen LogP contribution in [0.15, 0.2) is 11.8 Å². The highest BCUT2D eigenvalue weighted by molar-refractivity contribution is 5.93. The number of unbranched alkanes of at least 4 members (excludes halogenated alkanes) is 8. The largest absolute Gasteiger partial charge is 0.490 e. The average Bonchev–Trinajstić information content (AvgIpc) is 2.90. The summed E-state index contributed by atoms with van der Waals surface area (Å²) in [5, 5.41) is 0. The van der Waals surface area contributed by atoms with E-state index in [1.807, 2.05) is 6.08 Å². The third-order valence-electron chi connectivity index (χ3n) is 3.49. The van der Waals surface area contributed by atoms with E-state index < -0.39 is 0 Å². The maximum absolute atomic E-state index is 11.7. The summed E-state index contributed by atoms with van der Waals surface area (Å²) < 4.78 is 5.26. The predicted octanol–water partition coefficient (Wildman–Crippen LogP) is 4.78. The van der Waals surface area contributed by atoms with E-state index in [4.69, 9.17) is 4.74 Å². The monoisotopic (exact) mass is 252 g/mol. The third kappa shape index (κ3) is 6.83. The highest BCUT2D eigenvalue weighted by atomic mass is 16.5. The molecule has 2 heteroatoms. The Kier molecular flexibility index (Phi) is 8.62. The first-order valence-corrected chi connectivity index (χ1v) is 7.70. The van der Waals surface area contributed by atoms with Crippen LogP contribution in [-0.2, 0) is 9.53 Å². The molecule has 1 rings (SSSR count). The van der Waals surface area contributed by atoms with Crippen LogP contribution in [-0.4, -0.2) is 12.4 Å². The molecule has 0 bridgehead atoms. The Hall–Kier alpha value is -0.790. The van der Waals surface area contributed by atoms with Gasteiger partial charge >= 0.3 is 0 Å². The SMILES string of the molecule is CCCCCCCCCCCC(=O)C1=CCCO1. The highest BCUT2D eigenvalue weighted by Gasteiger charge is 2.13. The van der Waals surface area contributed by atoms with Crippen LogP contribution in [0.4, 0.5) is 0 Å². The van der Waals surface area contributed by atoms with Crippen molar-refractivity contribution in [2.75, 3.05) is 6.61 Å². The first-order chi connectivity index (χ1) is 8.84. The predicted molar refractivity (Wildman–Crippen MR) is 75.5 cm³/mol. The van der Waals surface area contributed by atoms with Gasteiger partial charge in [-0.15, -0.1) is 0 Å². The Morgan fingerprint density at radius 1 is 1.06 bits per heavy atom. The molecule has 1 heterocycles. The summed E-state index contributed by atoms with van der Waals surface area (Å²) >= 11 is 0. The maximum Gasteiger partial charge on any atom is 0.197 e. The first-order valence-electron chi connectivity index (χ1n) is 7.70. The van der Waals surface area contributed by atoms with Crippen LogP contribution in [0.5, 0.6) is 0 Å². The van der Waals surface area contributed by atoms with E-state index in [9.17, 15) is 4.79 Å². The van der Waals surface area contributed by atoms with Crippen molar-refractivity contribution in [2.45, 2.75) is 77.6 Å². The summed E-state index contributed by atoms with van der Waals surface area (Å²) in [5.74, 6) is 0.824. The number of Topliss-reactive ketones (excluding diaryl/α,β-unsaturated/α-hetero) is 1. The van der Waals surface area contributed by atoms with Crippen LogP contribution >= 0.6 is 0 Å². The summed E-state index contributed by atoms with van der Waals surface area (Å²) in [6.45, 7) is 2.94. The zero-order valence-corrected chi connectivity index (χ0v) is 11.9. The third-order valence-corrected chi connectivity index (χ3v) is 3.49. The lowest BCUT2D eigenvalue weighted by atomic mass is 10.1. The normalized spacial score (nSPS) is 14.4. The molecule has 0 atom stereocenters. The number of carbonyl (C=O) groups is 1. The Labute approximate surface area is 112 Å². The standard InChI is InChI=1S/C16H28O2/c1-2-3-4-5-6-7-8-9-10-12-15(17)16-13-11-14-18-16/h13H,2-12,14H2,1H3. The van der Waals surface area contributed by atoms with Gasteiger partial charge in [0.1, 0.15) is 0 Å². The van der Waals surface area contributed by atoms with Gasteiger partial charge in [0, 0.05) is 12.8 Å². The number of hydrogen-bond acceptors (Lipinski definition) is 2. The van der Waals surface area contributed by atoms with Crippen molar-refractivity contribution in [1.29, 1.82) is 0 Å². The summed E-state index contributed by atoms with van der Waals surface area (Å²) in [4.78, 5) is 11.7. The molecule has 0 saturated carbocycles. The van der Waals surface area contributed by atoms with E-state index in [-0.39, 0.29) is 5.78 Å². The van der Waals surface area contributed by atoms with E-state index in [0.717, 1.165) is 12.8 Å². The molecule has 2 nitrogen and oxygen atoms in total. The van der Waals surface area contributed by atoms with Gasteiger partial charge < -0.3 is 4.74 Å². The lowest BCUT2D eigenvalue weighted by molar-refractivity contribution is -0.118. The lowest BCUT2D eigenvalue weighted by Gasteiger charge is -2.03. The number of ether oxygens (including phenoxy) is 1. The molecule has 18 heavy (non-hydrogen) atoms. The smallest absolute Gasteiger partial charge is 0.197 e. The van der Waals surface area contributed by atoms with Crippen LogP contribution in [0.3, 0.4) is 0 Å².